The Labute approximate surface area is 125 Å². The van der Waals surface area contributed by atoms with Gasteiger partial charge in [-0.2, -0.15) is 0 Å². The maximum absolute atomic E-state index is 9.48. The van der Waals surface area contributed by atoms with Gasteiger partial charge >= 0.3 is 0 Å². The van der Waals surface area contributed by atoms with Gasteiger partial charge in [-0.1, -0.05) is 37.3 Å². The molecule has 2 aromatic carbocycles. The molecule has 0 fully saturated rings. The van der Waals surface area contributed by atoms with Gasteiger partial charge < -0.3 is 10.4 Å². The summed E-state index contributed by atoms with van der Waals surface area (Å²) in [5.74, 6) is 1.00. The number of aliphatic hydroxyl groups excluding tert-OH is 1. The molecule has 2 aromatic rings. The van der Waals surface area contributed by atoms with E-state index in [0.29, 0.717) is 0 Å². The zero-order chi connectivity index (χ0) is 14.4. The van der Waals surface area contributed by atoms with Crippen molar-refractivity contribution in [1.82, 2.24) is 5.32 Å². The summed E-state index contributed by atoms with van der Waals surface area (Å²) in [4.78, 5) is 1.29. The quantitative estimate of drug-likeness (QED) is 0.763. The molecule has 0 aliphatic carbocycles. The summed E-state index contributed by atoms with van der Waals surface area (Å²) in [5, 5.41) is 15.4. The number of nitrogens with one attached hydrogen (secondary N) is 1. The molecule has 108 valence electrons. The molecule has 0 aliphatic rings. The van der Waals surface area contributed by atoms with E-state index in [2.05, 4.69) is 61.6 Å². The number of hydrogen-bond acceptors (Lipinski definition) is 3. The van der Waals surface area contributed by atoms with Crippen molar-refractivity contribution in [2.75, 3.05) is 18.9 Å². The number of fused-ring (bicyclic) bond motifs is 1. The van der Waals surface area contributed by atoms with Crippen LogP contribution in [0.25, 0.3) is 10.8 Å². The molecule has 20 heavy (non-hydrogen) atoms. The SMILES string of the molecule is CCNC(C)(CO)CCSc1ccc2ccccc2c1. The van der Waals surface area contributed by atoms with Crippen LogP contribution in [0.4, 0.5) is 0 Å². The molecule has 0 heterocycles. The minimum atomic E-state index is -0.168. The second-order valence-electron chi connectivity index (χ2n) is 5.36. The highest BCUT2D eigenvalue weighted by atomic mass is 32.2. The number of aliphatic hydroxyl groups is 1. The summed E-state index contributed by atoms with van der Waals surface area (Å²) in [5.41, 5.74) is -0.168. The molecular formula is C17H23NOS. The largest absolute Gasteiger partial charge is 0.394 e. The molecule has 1 unspecified atom stereocenters. The van der Waals surface area contributed by atoms with Crippen molar-refractivity contribution in [3.63, 3.8) is 0 Å². The van der Waals surface area contributed by atoms with Crippen LogP contribution in [0.5, 0.6) is 0 Å². The van der Waals surface area contributed by atoms with Crippen molar-refractivity contribution in [3.8, 4) is 0 Å². The summed E-state index contributed by atoms with van der Waals surface area (Å²) in [6.07, 6.45) is 0.953. The van der Waals surface area contributed by atoms with E-state index in [1.807, 2.05) is 11.8 Å². The minimum Gasteiger partial charge on any atom is -0.394 e. The van der Waals surface area contributed by atoms with Crippen molar-refractivity contribution < 1.29 is 5.11 Å². The molecule has 0 radical (unpaired) electrons. The van der Waals surface area contributed by atoms with E-state index in [0.717, 1.165) is 18.7 Å². The second-order valence-corrected chi connectivity index (χ2v) is 6.52. The van der Waals surface area contributed by atoms with Gasteiger partial charge in [-0.05, 0) is 48.5 Å². The van der Waals surface area contributed by atoms with Gasteiger partial charge in [-0.25, -0.2) is 0 Å². The third kappa shape index (κ3) is 3.98. The Morgan fingerprint density at radius 1 is 1.15 bits per heavy atom. The van der Waals surface area contributed by atoms with Crippen LogP contribution in [-0.2, 0) is 0 Å². The van der Waals surface area contributed by atoms with Gasteiger partial charge in [0.15, 0.2) is 0 Å². The molecule has 2 N–H and O–H groups in total. The smallest absolute Gasteiger partial charge is 0.0610 e. The lowest BCUT2D eigenvalue weighted by Gasteiger charge is -2.28. The highest BCUT2D eigenvalue weighted by molar-refractivity contribution is 7.99. The predicted molar refractivity (Wildman–Crippen MR) is 88.5 cm³/mol. The van der Waals surface area contributed by atoms with Gasteiger partial charge in [0, 0.05) is 10.4 Å². The first-order chi connectivity index (χ1) is 9.67. The Morgan fingerprint density at radius 2 is 1.90 bits per heavy atom. The van der Waals surface area contributed by atoms with Crippen LogP contribution in [0.3, 0.4) is 0 Å². The fraction of sp³-hybridized carbons (Fsp3) is 0.412. The number of rotatable bonds is 7. The van der Waals surface area contributed by atoms with Gasteiger partial charge in [0.25, 0.3) is 0 Å². The molecule has 2 nitrogen and oxygen atoms in total. The van der Waals surface area contributed by atoms with Crippen molar-refractivity contribution in [3.05, 3.63) is 42.5 Å². The zero-order valence-electron chi connectivity index (χ0n) is 12.2. The molecule has 0 aromatic heterocycles. The highest BCUT2D eigenvalue weighted by Crippen LogP contribution is 2.25. The lowest BCUT2D eigenvalue weighted by Crippen LogP contribution is -2.46. The zero-order valence-corrected chi connectivity index (χ0v) is 13.0. The number of thioether (sulfide) groups is 1. The van der Waals surface area contributed by atoms with E-state index < -0.39 is 0 Å². The molecule has 1 atom stereocenters. The van der Waals surface area contributed by atoms with Crippen LogP contribution in [0, 0.1) is 0 Å². The van der Waals surface area contributed by atoms with Gasteiger partial charge in [0.05, 0.1) is 6.61 Å². The first-order valence-corrected chi connectivity index (χ1v) is 8.13. The monoisotopic (exact) mass is 289 g/mol. The average molecular weight is 289 g/mol. The fourth-order valence-corrected chi connectivity index (χ4v) is 3.46. The average Bonchev–Trinajstić information content (AvgIpc) is 2.47. The van der Waals surface area contributed by atoms with Crippen molar-refractivity contribution in [2.45, 2.75) is 30.7 Å². The van der Waals surface area contributed by atoms with Crippen LogP contribution in [-0.4, -0.2) is 29.5 Å². The maximum Gasteiger partial charge on any atom is 0.0610 e. The molecule has 2 rings (SSSR count). The lowest BCUT2D eigenvalue weighted by molar-refractivity contribution is 0.173. The number of hydrogen-bond donors (Lipinski definition) is 2. The Hall–Kier alpha value is -1.03. The van der Waals surface area contributed by atoms with Crippen LogP contribution < -0.4 is 5.32 Å². The van der Waals surface area contributed by atoms with Gasteiger partial charge in [-0.3, -0.25) is 0 Å². The van der Waals surface area contributed by atoms with Crippen molar-refractivity contribution >= 4 is 22.5 Å². The third-order valence-corrected chi connectivity index (χ3v) is 4.59. The first kappa shape index (κ1) is 15.4. The van der Waals surface area contributed by atoms with Crippen LogP contribution >= 0.6 is 11.8 Å². The Kier molecular flexibility index (Phi) is 5.46. The van der Waals surface area contributed by atoms with Crippen LogP contribution in [0.1, 0.15) is 20.3 Å². The molecule has 0 saturated heterocycles. The summed E-state index contributed by atoms with van der Waals surface area (Å²) in [6.45, 7) is 5.22. The summed E-state index contributed by atoms with van der Waals surface area (Å²) in [7, 11) is 0. The summed E-state index contributed by atoms with van der Waals surface area (Å²) < 4.78 is 0. The van der Waals surface area contributed by atoms with Crippen LogP contribution in [0.15, 0.2) is 47.4 Å². The van der Waals surface area contributed by atoms with E-state index in [9.17, 15) is 5.11 Å². The van der Waals surface area contributed by atoms with Gasteiger partial charge in [0.2, 0.25) is 0 Å². The number of likely N-dealkylation sites (N-methyl/N-ethyl adjacent to an activating group) is 1. The predicted octanol–water partition coefficient (Wildman–Crippen LogP) is 3.68. The number of benzene rings is 2. The van der Waals surface area contributed by atoms with Crippen molar-refractivity contribution in [1.29, 1.82) is 0 Å². The van der Waals surface area contributed by atoms with Gasteiger partial charge in [0.1, 0.15) is 0 Å². The molecular weight excluding hydrogens is 266 g/mol. The van der Waals surface area contributed by atoms with Gasteiger partial charge in [-0.15, -0.1) is 11.8 Å². The molecule has 0 bridgehead atoms. The topological polar surface area (TPSA) is 32.3 Å². The fourth-order valence-electron chi connectivity index (χ4n) is 2.30. The normalized spacial score (nSPS) is 14.3. The van der Waals surface area contributed by atoms with Crippen LogP contribution in [0.2, 0.25) is 0 Å². The highest BCUT2D eigenvalue weighted by Gasteiger charge is 2.21. The molecule has 0 amide bonds. The summed E-state index contributed by atoms with van der Waals surface area (Å²) >= 11 is 1.85. The standard InChI is InChI=1S/C17H23NOS/c1-3-18-17(2,13-19)10-11-20-16-9-8-14-6-4-5-7-15(14)12-16/h4-9,12,18-19H,3,10-11,13H2,1-2H3. The Balaban J connectivity index is 1.95. The van der Waals surface area contributed by atoms with Crippen molar-refractivity contribution in [2.24, 2.45) is 0 Å². The van der Waals surface area contributed by atoms with E-state index in [1.54, 1.807) is 0 Å². The molecule has 0 aliphatic heterocycles. The second kappa shape index (κ2) is 7.11. The van der Waals surface area contributed by atoms with E-state index >= 15 is 0 Å². The molecule has 0 spiro atoms. The lowest BCUT2D eigenvalue weighted by atomic mass is 10.0. The molecule has 0 saturated carbocycles. The summed E-state index contributed by atoms with van der Waals surface area (Å²) in [6, 6.07) is 15.0. The minimum absolute atomic E-state index is 0.168. The molecule has 3 heteroatoms. The first-order valence-electron chi connectivity index (χ1n) is 7.14. The Morgan fingerprint density at radius 3 is 2.60 bits per heavy atom. The Bertz CT molecular complexity index is 557. The van der Waals surface area contributed by atoms with E-state index in [4.69, 9.17) is 0 Å². The van der Waals surface area contributed by atoms with E-state index in [-0.39, 0.29) is 12.1 Å². The maximum atomic E-state index is 9.48. The third-order valence-electron chi connectivity index (χ3n) is 3.60. The van der Waals surface area contributed by atoms with E-state index in [1.165, 1.54) is 15.7 Å².